The summed E-state index contributed by atoms with van der Waals surface area (Å²) in [5.74, 6) is 0.754. The molecule has 2 aliphatic heterocycles. The molecule has 1 N–H and O–H groups in total. The third-order valence-corrected chi connectivity index (χ3v) is 4.06. The molecule has 98 valence electrons. The molecule has 4 nitrogen and oxygen atoms in total. The van der Waals surface area contributed by atoms with Gasteiger partial charge in [0, 0.05) is 12.6 Å². The summed E-state index contributed by atoms with van der Waals surface area (Å²) < 4.78 is 0. The van der Waals surface area contributed by atoms with E-state index in [1.807, 2.05) is 0 Å². The van der Waals surface area contributed by atoms with Gasteiger partial charge >= 0.3 is 0 Å². The van der Waals surface area contributed by atoms with Gasteiger partial charge in [0.2, 0.25) is 5.91 Å². The lowest BCUT2D eigenvalue weighted by molar-refractivity contribution is -0.129. The molecule has 0 radical (unpaired) electrons. The van der Waals surface area contributed by atoms with E-state index in [1.54, 1.807) is 0 Å². The number of nitrogens with one attached hydrogen (secondary N) is 1. The first-order chi connectivity index (χ1) is 8.13. The molecule has 2 saturated heterocycles. The van der Waals surface area contributed by atoms with Crippen LogP contribution in [0, 0.1) is 5.92 Å². The SMILES string of the molecule is CCN1CCCC1CN1C(=O)CNC1C(C)C. The average Bonchev–Trinajstić information content (AvgIpc) is 2.87. The van der Waals surface area contributed by atoms with E-state index in [4.69, 9.17) is 0 Å². The van der Waals surface area contributed by atoms with Crippen LogP contribution in [0.15, 0.2) is 0 Å². The van der Waals surface area contributed by atoms with E-state index in [2.05, 4.69) is 35.9 Å². The summed E-state index contributed by atoms with van der Waals surface area (Å²) in [6.07, 6.45) is 2.75. The first-order valence-electron chi connectivity index (χ1n) is 6.90. The molecule has 0 spiro atoms. The molecule has 2 unspecified atom stereocenters. The Balaban J connectivity index is 1.98. The zero-order valence-corrected chi connectivity index (χ0v) is 11.3. The zero-order valence-electron chi connectivity index (χ0n) is 11.3. The fourth-order valence-electron chi connectivity index (χ4n) is 3.11. The Hall–Kier alpha value is -0.610. The summed E-state index contributed by atoms with van der Waals surface area (Å²) in [7, 11) is 0. The highest BCUT2D eigenvalue weighted by Crippen LogP contribution is 2.21. The topological polar surface area (TPSA) is 35.6 Å². The molecule has 17 heavy (non-hydrogen) atoms. The Bertz CT molecular complexity index is 280. The van der Waals surface area contributed by atoms with Gasteiger partial charge in [0.1, 0.15) is 0 Å². The van der Waals surface area contributed by atoms with Gasteiger partial charge in [-0.15, -0.1) is 0 Å². The van der Waals surface area contributed by atoms with E-state index in [0.29, 0.717) is 18.5 Å². The molecular weight excluding hydrogens is 214 g/mol. The third-order valence-electron chi connectivity index (χ3n) is 4.06. The maximum Gasteiger partial charge on any atom is 0.237 e. The number of rotatable bonds is 4. The summed E-state index contributed by atoms with van der Waals surface area (Å²) in [5.41, 5.74) is 0. The maximum absolute atomic E-state index is 11.9. The summed E-state index contributed by atoms with van der Waals surface area (Å²) in [4.78, 5) is 16.5. The fourth-order valence-corrected chi connectivity index (χ4v) is 3.11. The standard InChI is InChI=1S/C13H25N3O/c1-4-15-7-5-6-11(15)9-16-12(17)8-14-13(16)10(2)3/h10-11,13-14H,4-9H2,1-3H3. The minimum absolute atomic E-state index is 0.238. The van der Waals surface area contributed by atoms with Crippen molar-refractivity contribution in [2.24, 2.45) is 5.92 Å². The second-order valence-electron chi connectivity index (χ2n) is 5.54. The van der Waals surface area contributed by atoms with E-state index in [-0.39, 0.29) is 12.1 Å². The van der Waals surface area contributed by atoms with Gasteiger partial charge in [-0.3, -0.25) is 15.0 Å². The second kappa shape index (κ2) is 5.36. The van der Waals surface area contributed by atoms with E-state index >= 15 is 0 Å². The van der Waals surface area contributed by atoms with Crippen LogP contribution in [0.1, 0.15) is 33.6 Å². The van der Waals surface area contributed by atoms with Crippen LogP contribution in [0.5, 0.6) is 0 Å². The Morgan fingerprint density at radius 3 is 2.88 bits per heavy atom. The summed E-state index contributed by atoms with van der Waals surface area (Å²) >= 11 is 0. The highest BCUT2D eigenvalue weighted by Gasteiger charge is 2.35. The molecule has 0 saturated carbocycles. The molecule has 0 aromatic rings. The fraction of sp³-hybridized carbons (Fsp3) is 0.923. The normalized spacial score (nSPS) is 30.8. The molecule has 0 aromatic heterocycles. The molecule has 2 fully saturated rings. The molecule has 2 rings (SSSR count). The third kappa shape index (κ3) is 2.63. The lowest BCUT2D eigenvalue weighted by Gasteiger charge is -2.32. The van der Waals surface area contributed by atoms with Crippen LogP contribution in [0.2, 0.25) is 0 Å². The average molecular weight is 239 g/mol. The summed E-state index contributed by atoms with van der Waals surface area (Å²) in [5, 5.41) is 3.32. The van der Waals surface area contributed by atoms with Gasteiger partial charge in [-0.2, -0.15) is 0 Å². The first kappa shape index (κ1) is 12.8. The van der Waals surface area contributed by atoms with E-state index in [9.17, 15) is 4.79 Å². The molecule has 2 atom stereocenters. The van der Waals surface area contributed by atoms with Gasteiger partial charge in [-0.25, -0.2) is 0 Å². The van der Waals surface area contributed by atoms with Crippen molar-refractivity contribution < 1.29 is 4.79 Å². The minimum atomic E-state index is 0.238. The van der Waals surface area contributed by atoms with Crippen LogP contribution in [-0.4, -0.2) is 54.1 Å². The number of nitrogens with zero attached hydrogens (tertiary/aromatic N) is 2. The lowest BCUT2D eigenvalue weighted by atomic mass is 10.1. The predicted octanol–water partition coefficient (Wildman–Crippen LogP) is 0.885. The molecule has 0 aromatic carbocycles. The van der Waals surface area contributed by atoms with Gasteiger partial charge < -0.3 is 4.90 Å². The number of carbonyl (C=O) groups is 1. The Morgan fingerprint density at radius 1 is 1.47 bits per heavy atom. The quantitative estimate of drug-likeness (QED) is 0.791. The van der Waals surface area contributed by atoms with Crippen molar-refractivity contribution in [2.45, 2.75) is 45.8 Å². The van der Waals surface area contributed by atoms with Crippen LogP contribution in [0.4, 0.5) is 0 Å². The van der Waals surface area contributed by atoms with Crippen molar-refractivity contribution in [1.82, 2.24) is 15.1 Å². The smallest absolute Gasteiger partial charge is 0.237 e. The molecule has 1 amide bonds. The van der Waals surface area contributed by atoms with Crippen LogP contribution < -0.4 is 5.32 Å². The molecule has 2 heterocycles. The molecule has 4 heteroatoms. The van der Waals surface area contributed by atoms with Crippen molar-refractivity contribution >= 4 is 5.91 Å². The minimum Gasteiger partial charge on any atom is -0.324 e. The number of amides is 1. The Morgan fingerprint density at radius 2 is 2.24 bits per heavy atom. The Labute approximate surface area is 104 Å². The van der Waals surface area contributed by atoms with Crippen LogP contribution >= 0.6 is 0 Å². The van der Waals surface area contributed by atoms with Crippen molar-refractivity contribution in [3.05, 3.63) is 0 Å². The van der Waals surface area contributed by atoms with E-state index < -0.39 is 0 Å². The van der Waals surface area contributed by atoms with Gasteiger partial charge in [-0.05, 0) is 31.8 Å². The van der Waals surface area contributed by atoms with Crippen LogP contribution in [0.25, 0.3) is 0 Å². The van der Waals surface area contributed by atoms with Crippen molar-refractivity contribution in [2.75, 3.05) is 26.2 Å². The monoisotopic (exact) mass is 239 g/mol. The van der Waals surface area contributed by atoms with Gasteiger partial charge in [0.25, 0.3) is 0 Å². The van der Waals surface area contributed by atoms with Gasteiger partial charge in [0.15, 0.2) is 0 Å². The van der Waals surface area contributed by atoms with Crippen molar-refractivity contribution in [3.8, 4) is 0 Å². The molecule has 2 aliphatic rings. The van der Waals surface area contributed by atoms with Gasteiger partial charge in [0.05, 0.1) is 12.7 Å². The van der Waals surface area contributed by atoms with E-state index in [0.717, 1.165) is 13.1 Å². The predicted molar refractivity (Wildman–Crippen MR) is 68.6 cm³/mol. The lowest BCUT2D eigenvalue weighted by Crippen LogP contribution is -2.47. The highest BCUT2D eigenvalue weighted by atomic mass is 16.2. The highest BCUT2D eigenvalue weighted by molar-refractivity contribution is 5.80. The number of carbonyl (C=O) groups excluding carboxylic acids is 1. The van der Waals surface area contributed by atoms with Crippen LogP contribution in [0.3, 0.4) is 0 Å². The zero-order chi connectivity index (χ0) is 12.4. The van der Waals surface area contributed by atoms with E-state index in [1.165, 1.54) is 19.4 Å². The number of likely N-dealkylation sites (N-methyl/N-ethyl adjacent to an activating group) is 1. The Kier molecular flexibility index (Phi) is 4.05. The summed E-state index contributed by atoms with van der Waals surface area (Å²) in [6, 6.07) is 0.574. The number of hydrogen-bond donors (Lipinski definition) is 1. The number of likely N-dealkylation sites (tertiary alicyclic amines) is 1. The first-order valence-corrected chi connectivity index (χ1v) is 6.90. The van der Waals surface area contributed by atoms with Crippen molar-refractivity contribution in [3.63, 3.8) is 0 Å². The van der Waals surface area contributed by atoms with Crippen molar-refractivity contribution in [1.29, 1.82) is 0 Å². The van der Waals surface area contributed by atoms with Crippen LogP contribution in [-0.2, 0) is 4.79 Å². The van der Waals surface area contributed by atoms with Gasteiger partial charge in [-0.1, -0.05) is 20.8 Å². The molecule has 0 bridgehead atoms. The molecular formula is C13H25N3O. The number of hydrogen-bond acceptors (Lipinski definition) is 3. The summed E-state index contributed by atoms with van der Waals surface area (Å²) in [6.45, 7) is 10.3. The molecule has 0 aliphatic carbocycles. The largest absolute Gasteiger partial charge is 0.324 e. The second-order valence-corrected chi connectivity index (χ2v) is 5.54. The maximum atomic E-state index is 11.9.